The maximum Gasteiger partial charge on any atom is 0.253 e. The van der Waals surface area contributed by atoms with E-state index in [1.54, 1.807) is 4.90 Å². The zero-order chi connectivity index (χ0) is 14.8. The van der Waals surface area contributed by atoms with Crippen LogP contribution in [0.3, 0.4) is 0 Å². The molecule has 1 aromatic rings. The monoisotopic (exact) mass is 300 g/mol. The third-order valence-corrected chi connectivity index (χ3v) is 4.30. The normalized spacial score (nSPS) is 16.8. The van der Waals surface area contributed by atoms with Crippen LogP contribution in [0.5, 0.6) is 0 Å². The van der Waals surface area contributed by atoms with Crippen molar-refractivity contribution >= 4 is 15.9 Å². The molecule has 0 saturated carbocycles. The van der Waals surface area contributed by atoms with Crippen LogP contribution in [-0.2, 0) is 10.0 Å². The van der Waals surface area contributed by atoms with Crippen LogP contribution in [0.4, 0.5) is 4.39 Å². The fourth-order valence-electron chi connectivity index (χ4n) is 2.31. The molecule has 1 fully saturated rings. The number of rotatable bonds is 2. The van der Waals surface area contributed by atoms with Crippen molar-refractivity contribution in [3.8, 4) is 0 Å². The zero-order valence-corrected chi connectivity index (χ0v) is 11.8. The van der Waals surface area contributed by atoms with Gasteiger partial charge in [-0.2, -0.15) is 0 Å². The third-order valence-electron chi connectivity index (χ3n) is 3.38. The van der Waals surface area contributed by atoms with Gasteiger partial charge in [0.1, 0.15) is 10.7 Å². The largest absolute Gasteiger partial charge is 0.339 e. The number of benzene rings is 1. The van der Waals surface area contributed by atoms with Crippen molar-refractivity contribution in [2.24, 2.45) is 5.14 Å². The Bertz CT molecular complexity index is 608. The van der Waals surface area contributed by atoms with Crippen LogP contribution >= 0.6 is 0 Å². The molecule has 0 radical (unpaired) electrons. The molecule has 0 atom stereocenters. The van der Waals surface area contributed by atoms with E-state index in [2.05, 4.69) is 0 Å². The van der Waals surface area contributed by atoms with Crippen LogP contribution in [0.25, 0.3) is 0 Å². The summed E-state index contributed by atoms with van der Waals surface area (Å²) in [4.78, 5) is 13.3. The number of carbonyl (C=O) groups excluding carboxylic acids is 1. The fraction of sp³-hybridized carbons (Fsp3) is 0.462. The van der Waals surface area contributed by atoms with E-state index in [9.17, 15) is 17.6 Å². The molecular formula is C13H17FN2O3S. The van der Waals surface area contributed by atoms with Crippen LogP contribution in [0.15, 0.2) is 23.1 Å². The second-order valence-corrected chi connectivity index (χ2v) is 6.43. The molecule has 1 aliphatic heterocycles. The summed E-state index contributed by atoms with van der Waals surface area (Å²) in [6.45, 7) is 1.28. The van der Waals surface area contributed by atoms with Crippen molar-refractivity contribution in [3.63, 3.8) is 0 Å². The maximum absolute atomic E-state index is 13.5. The van der Waals surface area contributed by atoms with Gasteiger partial charge in [-0.15, -0.1) is 0 Å². The number of sulfonamides is 1. The van der Waals surface area contributed by atoms with Gasteiger partial charge in [-0.25, -0.2) is 17.9 Å². The first kappa shape index (κ1) is 14.9. The number of likely N-dealkylation sites (tertiary alicyclic amines) is 1. The number of carbonyl (C=O) groups is 1. The molecule has 0 spiro atoms. The predicted octanol–water partition coefficient (Wildman–Crippen LogP) is 1.49. The smallest absolute Gasteiger partial charge is 0.253 e. The Morgan fingerprint density at radius 2 is 1.75 bits per heavy atom. The Morgan fingerprint density at radius 1 is 1.15 bits per heavy atom. The average Bonchev–Trinajstić information content (AvgIpc) is 2.66. The minimum absolute atomic E-state index is 0.150. The molecule has 1 saturated heterocycles. The highest BCUT2D eigenvalue weighted by atomic mass is 32.2. The molecule has 1 aliphatic rings. The summed E-state index contributed by atoms with van der Waals surface area (Å²) in [5, 5.41) is 4.94. The number of nitrogens with two attached hydrogens (primary N) is 1. The Balaban J connectivity index is 2.30. The summed E-state index contributed by atoms with van der Waals surface area (Å²) in [5.41, 5.74) is 0.150. The zero-order valence-electron chi connectivity index (χ0n) is 11.0. The van der Waals surface area contributed by atoms with E-state index in [4.69, 9.17) is 5.14 Å². The van der Waals surface area contributed by atoms with Crippen molar-refractivity contribution in [2.75, 3.05) is 13.1 Å². The van der Waals surface area contributed by atoms with Gasteiger partial charge in [0.2, 0.25) is 10.0 Å². The van der Waals surface area contributed by atoms with E-state index < -0.39 is 20.7 Å². The molecule has 0 unspecified atom stereocenters. The molecule has 2 N–H and O–H groups in total. The van der Waals surface area contributed by atoms with Gasteiger partial charge in [-0.05, 0) is 31.0 Å². The minimum atomic E-state index is -4.17. The second-order valence-electron chi connectivity index (χ2n) is 4.90. The number of nitrogens with zero attached hydrogens (tertiary/aromatic N) is 1. The first-order valence-electron chi connectivity index (χ1n) is 6.51. The van der Waals surface area contributed by atoms with E-state index in [0.29, 0.717) is 13.1 Å². The highest BCUT2D eigenvalue weighted by Crippen LogP contribution is 2.18. The molecule has 20 heavy (non-hydrogen) atoms. The van der Waals surface area contributed by atoms with Gasteiger partial charge in [-0.3, -0.25) is 4.79 Å². The van der Waals surface area contributed by atoms with Gasteiger partial charge < -0.3 is 4.90 Å². The maximum atomic E-state index is 13.5. The van der Waals surface area contributed by atoms with Gasteiger partial charge in [-0.1, -0.05) is 12.8 Å². The summed E-state index contributed by atoms with van der Waals surface area (Å²) in [5.74, 6) is -1.23. The van der Waals surface area contributed by atoms with Crippen LogP contribution in [0, 0.1) is 5.82 Å². The number of amides is 1. The molecule has 5 nitrogen and oxygen atoms in total. The van der Waals surface area contributed by atoms with E-state index in [1.165, 1.54) is 6.07 Å². The Labute approximate surface area is 117 Å². The highest BCUT2D eigenvalue weighted by Gasteiger charge is 2.21. The molecule has 0 aliphatic carbocycles. The van der Waals surface area contributed by atoms with E-state index in [1.807, 2.05) is 0 Å². The minimum Gasteiger partial charge on any atom is -0.339 e. The summed E-state index contributed by atoms with van der Waals surface area (Å²) < 4.78 is 36.0. The molecule has 1 aromatic carbocycles. The first-order chi connectivity index (χ1) is 9.39. The Kier molecular flexibility index (Phi) is 4.39. The van der Waals surface area contributed by atoms with Crippen molar-refractivity contribution in [2.45, 2.75) is 30.6 Å². The van der Waals surface area contributed by atoms with Gasteiger partial charge in [0.05, 0.1) is 0 Å². The lowest BCUT2D eigenvalue weighted by Gasteiger charge is -2.20. The lowest BCUT2D eigenvalue weighted by Crippen LogP contribution is -2.32. The Hall–Kier alpha value is -1.47. The number of hydrogen-bond donors (Lipinski definition) is 1. The molecule has 1 heterocycles. The average molecular weight is 300 g/mol. The standard InChI is InChI=1S/C13H17FN2O3S/c14-11-6-5-10(9-12(11)20(15,18)19)13(17)16-7-3-1-2-4-8-16/h5-6,9H,1-4,7-8H2,(H2,15,18,19). The molecule has 0 aromatic heterocycles. The highest BCUT2D eigenvalue weighted by molar-refractivity contribution is 7.89. The second kappa shape index (κ2) is 5.88. The van der Waals surface area contributed by atoms with Crippen molar-refractivity contribution in [1.29, 1.82) is 0 Å². The molecule has 2 rings (SSSR count). The summed E-state index contributed by atoms with van der Waals surface area (Å²) in [7, 11) is -4.17. The first-order valence-corrected chi connectivity index (χ1v) is 8.06. The van der Waals surface area contributed by atoms with Crippen LogP contribution in [-0.4, -0.2) is 32.3 Å². The molecule has 110 valence electrons. The van der Waals surface area contributed by atoms with Gasteiger partial charge in [0.15, 0.2) is 0 Å². The molecule has 1 amide bonds. The van der Waals surface area contributed by atoms with E-state index in [0.717, 1.165) is 37.8 Å². The summed E-state index contributed by atoms with van der Waals surface area (Å²) in [6, 6.07) is 3.26. The van der Waals surface area contributed by atoms with Gasteiger partial charge >= 0.3 is 0 Å². The number of halogens is 1. The van der Waals surface area contributed by atoms with Crippen LogP contribution in [0.2, 0.25) is 0 Å². The number of primary sulfonamides is 1. The summed E-state index contributed by atoms with van der Waals surface area (Å²) >= 11 is 0. The van der Waals surface area contributed by atoms with Crippen LogP contribution in [0.1, 0.15) is 36.0 Å². The lowest BCUT2D eigenvalue weighted by molar-refractivity contribution is 0.0761. The lowest BCUT2D eigenvalue weighted by atomic mass is 10.2. The van der Waals surface area contributed by atoms with Gasteiger partial charge in [0, 0.05) is 18.7 Å². The Morgan fingerprint density at radius 3 is 2.30 bits per heavy atom. The third kappa shape index (κ3) is 3.34. The van der Waals surface area contributed by atoms with E-state index in [-0.39, 0.29) is 11.5 Å². The molecular weight excluding hydrogens is 283 g/mol. The SMILES string of the molecule is NS(=O)(=O)c1cc(C(=O)N2CCCCCC2)ccc1F. The van der Waals surface area contributed by atoms with Crippen molar-refractivity contribution < 1.29 is 17.6 Å². The quantitative estimate of drug-likeness (QED) is 0.898. The molecule has 7 heteroatoms. The van der Waals surface area contributed by atoms with Crippen molar-refractivity contribution in [3.05, 3.63) is 29.6 Å². The van der Waals surface area contributed by atoms with Crippen molar-refractivity contribution in [1.82, 2.24) is 4.90 Å². The van der Waals surface area contributed by atoms with E-state index >= 15 is 0 Å². The van der Waals surface area contributed by atoms with Crippen LogP contribution < -0.4 is 5.14 Å². The number of hydrogen-bond acceptors (Lipinski definition) is 3. The van der Waals surface area contributed by atoms with Gasteiger partial charge in [0.25, 0.3) is 5.91 Å². The summed E-state index contributed by atoms with van der Waals surface area (Å²) in [6.07, 6.45) is 4.01. The molecule has 0 bridgehead atoms. The topological polar surface area (TPSA) is 80.5 Å². The fourth-order valence-corrected chi connectivity index (χ4v) is 2.94. The predicted molar refractivity (Wildman–Crippen MR) is 72.1 cm³/mol.